The van der Waals surface area contributed by atoms with Crippen LogP contribution in [0.4, 0.5) is 0 Å². The normalized spacial score (nSPS) is 15.3. The molecule has 1 unspecified atom stereocenters. The molecule has 0 aromatic rings. The predicted octanol–water partition coefficient (Wildman–Crippen LogP) is 5.51. The van der Waals surface area contributed by atoms with Gasteiger partial charge in [-0.1, -0.05) is 32.6 Å². The van der Waals surface area contributed by atoms with Crippen molar-refractivity contribution in [2.24, 2.45) is 10.1 Å². The Labute approximate surface area is 176 Å². The second-order valence-corrected chi connectivity index (χ2v) is 9.42. The first kappa shape index (κ1) is 25.8. The molecule has 0 saturated heterocycles. The Kier molecular flexibility index (Phi) is 12.4. The number of esters is 1. The lowest BCUT2D eigenvalue weighted by Crippen LogP contribution is -2.34. The second kappa shape index (κ2) is 13.9. The van der Waals surface area contributed by atoms with Crippen LogP contribution in [0.15, 0.2) is 10.1 Å². The molecule has 0 aliphatic carbocycles. The van der Waals surface area contributed by atoms with Crippen LogP contribution in [0.2, 0.25) is 0 Å². The molecule has 0 spiro atoms. The zero-order valence-corrected chi connectivity index (χ0v) is 19.6. The smallest absolute Gasteiger partial charge is 0.319 e. The van der Waals surface area contributed by atoms with Crippen LogP contribution in [0, 0.1) is 0 Å². The average Bonchev–Trinajstić information content (AvgIpc) is 2.65. The van der Waals surface area contributed by atoms with Crippen molar-refractivity contribution < 1.29 is 28.5 Å². The van der Waals surface area contributed by atoms with E-state index < -0.39 is 25.6 Å². The van der Waals surface area contributed by atoms with Crippen molar-refractivity contribution in [3.63, 3.8) is 0 Å². The molecular formula is C20H37N2O6P. The molecule has 1 aliphatic rings. The molecule has 0 amide bonds. The fraction of sp³-hybridized carbons (Fsp3) is 0.850. The number of nitrogens with zero attached hydrogens (tertiary/aromatic N) is 2. The molecule has 168 valence electrons. The van der Waals surface area contributed by atoms with Crippen molar-refractivity contribution in [3.8, 4) is 0 Å². The highest BCUT2D eigenvalue weighted by molar-refractivity contribution is 7.49. The van der Waals surface area contributed by atoms with Crippen LogP contribution in [0.5, 0.6) is 0 Å². The number of carbonyl (C=O) groups is 1. The molecule has 0 aromatic carbocycles. The van der Waals surface area contributed by atoms with E-state index in [0.717, 1.165) is 12.8 Å². The molecule has 0 aromatic heterocycles. The summed E-state index contributed by atoms with van der Waals surface area (Å²) in [6.45, 7) is 12.3. The van der Waals surface area contributed by atoms with Gasteiger partial charge in [0.2, 0.25) is 0 Å². The van der Waals surface area contributed by atoms with E-state index in [1.165, 1.54) is 19.3 Å². The van der Waals surface area contributed by atoms with Gasteiger partial charge in [-0.15, -0.1) is 0 Å². The molecule has 9 heteroatoms. The number of rotatable bonds is 14. The Hall–Kier alpha value is -1.24. The van der Waals surface area contributed by atoms with E-state index in [1.807, 2.05) is 34.6 Å². The first-order chi connectivity index (χ1) is 13.8. The zero-order valence-electron chi connectivity index (χ0n) is 18.7. The van der Waals surface area contributed by atoms with Gasteiger partial charge in [0.15, 0.2) is 14.2 Å². The SMILES string of the molecule is CCCCCCCC1=NOOC(CC(C(=O)OC(C)(C)C)P(OCC)OCC)=N1. The van der Waals surface area contributed by atoms with Gasteiger partial charge >= 0.3 is 5.97 Å². The Bertz CT molecular complexity index is 542. The summed E-state index contributed by atoms with van der Waals surface area (Å²) in [6, 6.07) is 0. The van der Waals surface area contributed by atoms with Crippen molar-refractivity contribution >= 4 is 26.1 Å². The number of ether oxygens (including phenoxy) is 1. The summed E-state index contributed by atoms with van der Waals surface area (Å²) in [4.78, 5) is 27.3. The fourth-order valence-electron chi connectivity index (χ4n) is 2.61. The molecule has 0 fully saturated rings. The van der Waals surface area contributed by atoms with Crippen LogP contribution >= 0.6 is 8.38 Å². The van der Waals surface area contributed by atoms with Gasteiger partial charge in [-0.3, -0.25) is 9.68 Å². The third-order valence-corrected chi connectivity index (χ3v) is 5.78. The predicted molar refractivity (Wildman–Crippen MR) is 115 cm³/mol. The minimum absolute atomic E-state index is 0.162. The number of unbranched alkanes of at least 4 members (excludes halogenated alkanes) is 4. The van der Waals surface area contributed by atoms with Crippen LogP contribution in [0.1, 0.15) is 86.5 Å². The summed E-state index contributed by atoms with van der Waals surface area (Å²) < 4.78 is 17.0. The number of aliphatic imine (C=N–C) groups is 1. The van der Waals surface area contributed by atoms with Crippen molar-refractivity contribution in [3.05, 3.63) is 0 Å². The lowest BCUT2D eigenvalue weighted by molar-refractivity contribution is -0.228. The minimum Gasteiger partial charge on any atom is -0.459 e. The standard InChI is InChI=1S/C20H37N2O6P/c1-7-10-11-12-13-14-17-21-18(27-28-22-17)15-16(19(23)26-20(4,5)6)29(24-8-2)25-9-3/h16H,7-15H2,1-6H3. The van der Waals surface area contributed by atoms with Crippen molar-refractivity contribution in [1.29, 1.82) is 0 Å². The van der Waals surface area contributed by atoms with E-state index in [9.17, 15) is 4.79 Å². The highest BCUT2D eigenvalue weighted by atomic mass is 31.2. The molecule has 1 aliphatic heterocycles. The molecule has 0 saturated carbocycles. The molecular weight excluding hydrogens is 395 g/mol. The second-order valence-electron chi connectivity index (χ2n) is 7.71. The molecule has 0 N–H and O–H groups in total. The number of amidine groups is 1. The zero-order chi connectivity index (χ0) is 21.7. The van der Waals surface area contributed by atoms with Gasteiger partial charge in [-0.2, -0.15) is 9.98 Å². The minimum atomic E-state index is -1.50. The molecule has 1 atom stereocenters. The Morgan fingerprint density at radius 2 is 1.72 bits per heavy atom. The number of oxime groups is 1. The van der Waals surface area contributed by atoms with Crippen molar-refractivity contribution in [2.75, 3.05) is 13.2 Å². The molecule has 0 bridgehead atoms. The third kappa shape index (κ3) is 10.9. The van der Waals surface area contributed by atoms with Gasteiger partial charge in [0.05, 0.1) is 19.6 Å². The highest BCUT2D eigenvalue weighted by Crippen LogP contribution is 2.46. The first-order valence-electron chi connectivity index (χ1n) is 10.6. The van der Waals surface area contributed by atoms with E-state index in [2.05, 4.69) is 17.1 Å². The van der Waals surface area contributed by atoms with Gasteiger partial charge in [0, 0.05) is 6.42 Å². The lowest BCUT2D eigenvalue weighted by Gasteiger charge is -2.28. The maximum Gasteiger partial charge on any atom is 0.319 e. The largest absolute Gasteiger partial charge is 0.459 e. The quantitative estimate of drug-likeness (QED) is 0.156. The molecule has 29 heavy (non-hydrogen) atoms. The van der Waals surface area contributed by atoms with Crippen LogP contribution in [-0.4, -0.2) is 42.2 Å². The van der Waals surface area contributed by atoms with Gasteiger partial charge < -0.3 is 13.8 Å². The molecule has 1 heterocycles. The Morgan fingerprint density at radius 1 is 1.07 bits per heavy atom. The van der Waals surface area contributed by atoms with E-state index in [0.29, 0.717) is 25.5 Å². The Balaban J connectivity index is 2.82. The topological polar surface area (TPSA) is 87.9 Å². The lowest BCUT2D eigenvalue weighted by atomic mass is 10.1. The van der Waals surface area contributed by atoms with Gasteiger partial charge in [0.25, 0.3) is 5.90 Å². The van der Waals surface area contributed by atoms with Crippen molar-refractivity contribution in [2.45, 2.75) is 97.7 Å². The monoisotopic (exact) mass is 432 g/mol. The summed E-state index contributed by atoms with van der Waals surface area (Å²) >= 11 is 0. The summed E-state index contributed by atoms with van der Waals surface area (Å²) in [5.74, 6) is 0.453. The summed E-state index contributed by atoms with van der Waals surface area (Å²) in [5, 5.41) is 3.86. The van der Waals surface area contributed by atoms with Gasteiger partial charge in [-0.05, 0) is 46.2 Å². The molecule has 8 nitrogen and oxygen atoms in total. The fourth-order valence-corrected chi connectivity index (χ4v) is 4.08. The van der Waals surface area contributed by atoms with Gasteiger partial charge in [-0.25, -0.2) is 0 Å². The van der Waals surface area contributed by atoms with E-state index in [1.54, 1.807) is 0 Å². The van der Waals surface area contributed by atoms with E-state index in [-0.39, 0.29) is 12.3 Å². The number of carbonyl (C=O) groups excluding carboxylic acids is 1. The first-order valence-corrected chi connectivity index (χ1v) is 11.8. The van der Waals surface area contributed by atoms with Crippen LogP contribution in [0.25, 0.3) is 0 Å². The van der Waals surface area contributed by atoms with Crippen molar-refractivity contribution in [1.82, 2.24) is 0 Å². The average molecular weight is 432 g/mol. The maximum atomic E-state index is 12.8. The maximum absolute atomic E-state index is 12.8. The third-order valence-electron chi connectivity index (χ3n) is 3.85. The van der Waals surface area contributed by atoms with Crippen LogP contribution in [-0.2, 0) is 28.5 Å². The van der Waals surface area contributed by atoms with E-state index >= 15 is 0 Å². The van der Waals surface area contributed by atoms with Gasteiger partial charge in [0.1, 0.15) is 11.3 Å². The molecule has 0 radical (unpaired) electrons. The molecule has 1 rings (SSSR count). The summed E-state index contributed by atoms with van der Waals surface area (Å²) in [7, 11) is -1.50. The number of hydrogen-bond donors (Lipinski definition) is 0. The van der Waals surface area contributed by atoms with E-state index in [4.69, 9.17) is 23.7 Å². The van der Waals surface area contributed by atoms with Crippen LogP contribution < -0.4 is 0 Å². The number of hydrogen-bond acceptors (Lipinski definition) is 8. The Morgan fingerprint density at radius 3 is 2.31 bits per heavy atom. The summed E-state index contributed by atoms with van der Waals surface area (Å²) in [6.07, 6.45) is 6.61. The summed E-state index contributed by atoms with van der Waals surface area (Å²) in [5.41, 5.74) is -1.29. The van der Waals surface area contributed by atoms with Crippen LogP contribution in [0.3, 0.4) is 0 Å². The highest BCUT2D eigenvalue weighted by Gasteiger charge is 2.37.